The topological polar surface area (TPSA) is 64.9 Å². The Morgan fingerprint density at radius 1 is 1.25 bits per heavy atom. The fourth-order valence-electron chi connectivity index (χ4n) is 2.13. The van der Waals surface area contributed by atoms with Crippen molar-refractivity contribution in [3.8, 4) is 0 Å². The molecule has 1 aromatic carbocycles. The normalized spacial score (nSPS) is 12.6. The van der Waals surface area contributed by atoms with Crippen LogP contribution in [-0.4, -0.2) is 10.1 Å². The quantitative estimate of drug-likeness (QED) is 0.875. The second-order valence-corrected chi connectivity index (χ2v) is 5.39. The number of nitrogens with zero attached hydrogens (tertiary/aromatic N) is 2. The lowest BCUT2D eigenvalue weighted by Crippen LogP contribution is -2.10. The minimum absolute atomic E-state index is 0.143. The Morgan fingerprint density at radius 2 is 2.05 bits per heavy atom. The van der Waals surface area contributed by atoms with Crippen LogP contribution < -0.4 is 5.73 Å². The molecule has 0 aliphatic heterocycles. The first-order valence-corrected chi connectivity index (χ1v) is 7.24. The molecule has 2 rings (SSSR count). The maximum atomic E-state index is 6.04. The maximum Gasteiger partial charge on any atom is 0.243 e. The number of benzene rings is 1. The largest absolute Gasteiger partial charge is 0.338 e. The highest BCUT2D eigenvalue weighted by molar-refractivity contribution is 5.31. The first-order valence-electron chi connectivity index (χ1n) is 7.24. The summed E-state index contributed by atoms with van der Waals surface area (Å²) in [6, 6.07) is 6.26. The van der Waals surface area contributed by atoms with E-state index < -0.39 is 0 Å². The zero-order valence-electron chi connectivity index (χ0n) is 12.5. The summed E-state index contributed by atoms with van der Waals surface area (Å²) in [4.78, 5) is 4.41. The van der Waals surface area contributed by atoms with Crippen molar-refractivity contribution in [2.24, 2.45) is 5.73 Å². The molecule has 0 amide bonds. The van der Waals surface area contributed by atoms with Crippen LogP contribution in [0.15, 0.2) is 22.7 Å². The lowest BCUT2D eigenvalue weighted by molar-refractivity contribution is 0.343. The molecular formula is C16H23N3O. The number of hydrogen-bond donors (Lipinski definition) is 1. The first kappa shape index (κ1) is 14.7. The van der Waals surface area contributed by atoms with E-state index in [2.05, 4.69) is 49.1 Å². The van der Waals surface area contributed by atoms with Crippen molar-refractivity contribution < 1.29 is 4.52 Å². The van der Waals surface area contributed by atoms with E-state index in [4.69, 9.17) is 10.3 Å². The standard InChI is InChI=1S/C16H23N3O/c1-4-5-6-14(17)16-18-15(19-20-16)10-13-8-7-11(2)12(3)9-13/h7-9,14H,4-6,10,17H2,1-3H3. The summed E-state index contributed by atoms with van der Waals surface area (Å²) in [7, 11) is 0. The molecule has 0 fully saturated rings. The van der Waals surface area contributed by atoms with Crippen LogP contribution >= 0.6 is 0 Å². The smallest absolute Gasteiger partial charge is 0.243 e. The monoisotopic (exact) mass is 273 g/mol. The SMILES string of the molecule is CCCCC(N)c1nc(Cc2ccc(C)c(C)c2)no1. The molecule has 1 heterocycles. The Hall–Kier alpha value is -1.68. The lowest BCUT2D eigenvalue weighted by Gasteiger charge is -2.04. The van der Waals surface area contributed by atoms with Crippen molar-refractivity contribution in [2.75, 3.05) is 0 Å². The van der Waals surface area contributed by atoms with Gasteiger partial charge in [0.1, 0.15) is 0 Å². The van der Waals surface area contributed by atoms with E-state index >= 15 is 0 Å². The molecule has 1 atom stereocenters. The molecule has 2 aromatic rings. The van der Waals surface area contributed by atoms with Crippen molar-refractivity contribution in [3.63, 3.8) is 0 Å². The van der Waals surface area contributed by atoms with Gasteiger partial charge in [-0.05, 0) is 37.0 Å². The van der Waals surface area contributed by atoms with Crippen LogP contribution in [0.1, 0.15) is 60.6 Å². The minimum Gasteiger partial charge on any atom is -0.338 e. The fourth-order valence-corrected chi connectivity index (χ4v) is 2.13. The maximum absolute atomic E-state index is 6.04. The Bertz CT molecular complexity index is 563. The third kappa shape index (κ3) is 3.67. The van der Waals surface area contributed by atoms with E-state index in [0.717, 1.165) is 19.3 Å². The highest BCUT2D eigenvalue weighted by Gasteiger charge is 2.14. The van der Waals surface area contributed by atoms with Crippen molar-refractivity contribution in [1.29, 1.82) is 0 Å². The number of unbranched alkanes of at least 4 members (excludes halogenated alkanes) is 1. The van der Waals surface area contributed by atoms with Gasteiger partial charge in [-0.1, -0.05) is 43.1 Å². The van der Waals surface area contributed by atoms with Crippen molar-refractivity contribution in [1.82, 2.24) is 10.1 Å². The van der Waals surface area contributed by atoms with Crippen molar-refractivity contribution in [2.45, 2.75) is 52.5 Å². The molecule has 0 aliphatic rings. The number of nitrogens with two attached hydrogens (primary N) is 1. The minimum atomic E-state index is -0.143. The molecule has 0 bridgehead atoms. The molecule has 0 aliphatic carbocycles. The Balaban J connectivity index is 2.03. The molecule has 20 heavy (non-hydrogen) atoms. The fraction of sp³-hybridized carbons (Fsp3) is 0.500. The summed E-state index contributed by atoms with van der Waals surface area (Å²) in [5.41, 5.74) is 9.81. The van der Waals surface area contributed by atoms with Gasteiger partial charge >= 0.3 is 0 Å². The molecule has 2 N–H and O–H groups in total. The number of aryl methyl sites for hydroxylation is 2. The van der Waals surface area contributed by atoms with Gasteiger partial charge in [-0.3, -0.25) is 0 Å². The molecule has 0 saturated carbocycles. The predicted octanol–water partition coefficient (Wildman–Crippen LogP) is 3.47. The van der Waals surface area contributed by atoms with Crippen LogP contribution in [0.3, 0.4) is 0 Å². The Kier molecular flexibility index (Phi) is 4.90. The average molecular weight is 273 g/mol. The second kappa shape index (κ2) is 6.66. The zero-order valence-corrected chi connectivity index (χ0v) is 12.5. The van der Waals surface area contributed by atoms with Crippen LogP contribution in [0.5, 0.6) is 0 Å². The first-order chi connectivity index (χ1) is 9.60. The van der Waals surface area contributed by atoms with Gasteiger partial charge in [-0.25, -0.2) is 0 Å². The molecule has 0 spiro atoms. The molecule has 1 aromatic heterocycles. The van der Waals surface area contributed by atoms with Gasteiger partial charge in [0.05, 0.1) is 6.04 Å². The third-order valence-corrected chi connectivity index (χ3v) is 3.60. The third-order valence-electron chi connectivity index (χ3n) is 3.60. The molecule has 4 heteroatoms. The van der Waals surface area contributed by atoms with E-state index in [9.17, 15) is 0 Å². The highest BCUT2D eigenvalue weighted by Crippen LogP contribution is 2.17. The molecule has 0 radical (unpaired) electrons. The average Bonchev–Trinajstić information content (AvgIpc) is 2.89. The van der Waals surface area contributed by atoms with Gasteiger partial charge in [0.25, 0.3) is 0 Å². The zero-order chi connectivity index (χ0) is 14.5. The summed E-state index contributed by atoms with van der Waals surface area (Å²) < 4.78 is 5.26. The number of rotatable bonds is 6. The van der Waals surface area contributed by atoms with E-state index in [0.29, 0.717) is 18.1 Å². The van der Waals surface area contributed by atoms with Gasteiger partial charge in [-0.2, -0.15) is 4.98 Å². The van der Waals surface area contributed by atoms with Crippen molar-refractivity contribution in [3.05, 3.63) is 46.6 Å². The molecule has 1 unspecified atom stereocenters. The highest BCUT2D eigenvalue weighted by atomic mass is 16.5. The summed E-state index contributed by atoms with van der Waals surface area (Å²) >= 11 is 0. The van der Waals surface area contributed by atoms with Gasteiger partial charge in [0.2, 0.25) is 5.89 Å². The van der Waals surface area contributed by atoms with Gasteiger partial charge in [0.15, 0.2) is 5.82 Å². The van der Waals surface area contributed by atoms with Crippen LogP contribution in [-0.2, 0) is 6.42 Å². The van der Waals surface area contributed by atoms with Crippen LogP contribution in [0.2, 0.25) is 0 Å². The molecule has 0 saturated heterocycles. The molecular weight excluding hydrogens is 250 g/mol. The second-order valence-electron chi connectivity index (χ2n) is 5.39. The number of aromatic nitrogens is 2. The number of hydrogen-bond acceptors (Lipinski definition) is 4. The predicted molar refractivity (Wildman–Crippen MR) is 79.5 cm³/mol. The lowest BCUT2D eigenvalue weighted by atomic mass is 10.0. The summed E-state index contributed by atoms with van der Waals surface area (Å²) in [6.45, 7) is 6.37. The molecule has 4 nitrogen and oxygen atoms in total. The Labute approximate surface area is 120 Å². The van der Waals surface area contributed by atoms with Gasteiger partial charge in [-0.15, -0.1) is 0 Å². The van der Waals surface area contributed by atoms with Crippen LogP contribution in [0.4, 0.5) is 0 Å². The van der Waals surface area contributed by atoms with E-state index in [-0.39, 0.29) is 6.04 Å². The van der Waals surface area contributed by atoms with E-state index in [1.165, 1.54) is 16.7 Å². The van der Waals surface area contributed by atoms with Crippen LogP contribution in [0.25, 0.3) is 0 Å². The summed E-state index contributed by atoms with van der Waals surface area (Å²) in [5.74, 6) is 1.26. The van der Waals surface area contributed by atoms with E-state index in [1.54, 1.807) is 0 Å². The molecule has 108 valence electrons. The van der Waals surface area contributed by atoms with Gasteiger partial charge in [0, 0.05) is 6.42 Å². The summed E-state index contributed by atoms with van der Waals surface area (Å²) in [6.07, 6.45) is 3.78. The van der Waals surface area contributed by atoms with E-state index in [1.807, 2.05) is 0 Å². The summed E-state index contributed by atoms with van der Waals surface area (Å²) in [5, 5.41) is 4.03. The Morgan fingerprint density at radius 3 is 2.75 bits per heavy atom. The van der Waals surface area contributed by atoms with Crippen molar-refractivity contribution >= 4 is 0 Å². The van der Waals surface area contributed by atoms with Gasteiger partial charge < -0.3 is 10.3 Å². The van der Waals surface area contributed by atoms with Crippen LogP contribution in [0, 0.1) is 13.8 Å².